The number of halogens is 4. The Kier molecular flexibility index (Phi) is 6.35. The highest BCUT2D eigenvalue weighted by atomic mass is 32.1. The predicted octanol–water partition coefficient (Wildman–Crippen LogP) is 3.69. The highest BCUT2D eigenvalue weighted by Crippen LogP contribution is 2.19. The summed E-state index contributed by atoms with van der Waals surface area (Å²) in [5.41, 5.74) is 0.251. The third kappa shape index (κ3) is 4.68. The van der Waals surface area contributed by atoms with Gasteiger partial charge < -0.3 is 10.6 Å². The lowest BCUT2D eigenvalue weighted by Gasteiger charge is -2.12. The van der Waals surface area contributed by atoms with E-state index < -0.39 is 35.4 Å². The predicted molar refractivity (Wildman–Crippen MR) is 89.5 cm³/mol. The third-order valence-electron chi connectivity index (χ3n) is 3.43. The summed E-state index contributed by atoms with van der Waals surface area (Å²) in [4.78, 5) is 8.34. The molecule has 0 fully saturated rings. The lowest BCUT2D eigenvalue weighted by Crippen LogP contribution is -2.36. The van der Waals surface area contributed by atoms with Crippen LogP contribution in [-0.4, -0.2) is 18.0 Å². The third-order valence-corrected chi connectivity index (χ3v) is 4.29. The van der Waals surface area contributed by atoms with Crippen molar-refractivity contribution in [2.75, 3.05) is 7.05 Å². The first-order valence-electron chi connectivity index (χ1n) is 7.54. The summed E-state index contributed by atoms with van der Waals surface area (Å²) in [6.45, 7) is 3.97. The number of nitrogens with zero attached hydrogens (tertiary/aromatic N) is 2. The van der Waals surface area contributed by atoms with Crippen LogP contribution in [0.1, 0.15) is 36.0 Å². The smallest absolute Gasteiger partial charge is 0.191 e. The summed E-state index contributed by atoms with van der Waals surface area (Å²) in [5, 5.41) is 8.33. The Hall–Kier alpha value is -2.16. The van der Waals surface area contributed by atoms with Gasteiger partial charge in [-0.25, -0.2) is 22.5 Å². The van der Waals surface area contributed by atoms with Gasteiger partial charge in [0.15, 0.2) is 29.2 Å². The van der Waals surface area contributed by atoms with E-state index in [4.69, 9.17) is 0 Å². The molecule has 2 N–H and O–H groups in total. The van der Waals surface area contributed by atoms with Crippen LogP contribution >= 0.6 is 11.3 Å². The molecule has 0 amide bonds. The van der Waals surface area contributed by atoms with Crippen molar-refractivity contribution in [3.05, 3.63) is 51.0 Å². The van der Waals surface area contributed by atoms with Crippen molar-refractivity contribution in [3.8, 4) is 0 Å². The highest BCUT2D eigenvalue weighted by molar-refractivity contribution is 7.09. The van der Waals surface area contributed by atoms with Gasteiger partial charge in [-0.05, 0) is 5.92 Å². The summed E-state index contributed by atoms with van der Waals surface area (Å²) in [7, 11) is 1.47. The number of hydrogen-bond donors (Lipinski definition) is 2. The quantitative estimate of drug-likeness (QED) is 0.363. The van der Waals surface area contributed by atoms with E-state index in [1.54, 1.807) is 0 Å². The van der Waals surface area contributed by atoms with Gasteiger partial charge in [-0.1, -0.05) is 13.8 Å². The Morgan fingerprint density at radius 2 is 1.72 bits per heavy atom. The van der Waals surface area contributed by atoms with Crippen LogP contribution in [0, 0.1) is 23.3 Å². The Balaban J connectivity index is 1.99. The molecule has 25 heavy (non-hydrogen) atoms. The van der Waals surface area contributed by atoms with Crippen LogP contribution in [0.3, 0.4) is 0 Å². The number of aliphatic imine (C=N–C) groups is 1. The van der Waals surface area contributed by atoms with E-state index in [0.29, 0.717) is 12.5 Å². The first-order chi connectivity index (χ1) is 11.8. The number of thiazole rings is 1. The van der Waals surface area contributed by atoms with E-state index in [1.165, 1.54) is 18.4 Å². The normalized spacial score (nSPS) is 11.9. The molecule has 136 valence electrons. The summed E-state index contributed by atoms with van der Waals surface area (Å²) >= 11 is 1.48. The van der Waals surface area contributed by atoms with Gasteiger partial charge in [-0.2, -0.15) is 0 Å². The number of aromatic nitrogens is 1. The average molecular weight is 374 g/mol. The van der Waals surface area contributed by atoms with Gasteiger partial charge >= 0.3 is 0 Å². The largest absolute Gasteiger partial charge is 0.352 e. The van der Waals surface area contributed by atoms with Crippen molar-refractivity contribution in [3.63, 3.8) is 0 Å². The van der Waals surface area contributed by atoms with Crippen LogP contribution in [0.4, 0.5) is 17.6 Å². The van der Waals surface area contributed by atoms with Crippen LogP contribution in [0.15, 0.2) is 16.4 Å². The van der Waals surface area contributed by atoms with Crippen LogP contribution in [0.25, 0.3) is 0 Å². The van der Waals surface area contributed by atoms with Gasteiger partial charge in [0.1, 0.15) is 5.01 Å². The molecule has 0 aliphatic rings. The molecule has 1 heterocycles. The van der Waals surface area contributed by atoms with Gasteiger partial charge in [-0.15, -0.1) is 11.3 Å². The Bertz CT molecular complexity index is 747. The molecule has 1 aromatic carbocycles. The van der Waals surface area contributed by atoms with Gasteiger partial charge in [-0.3, -0.25) is 4.99 Å². The highest BCUT2D eigenvalue weighted by Gasteiger charge is 2.19. The minimum Gasteiger partial charge on any atom is -0.352 e. The molecule has 0 aliphatic heterocycles. The lowest BCUT2D eigenvalue weighted by atomic mass is 10.2. The number of rotatable bonds is 5. The second-order valence-corrected chi connectivity index (χ2v) is 6.49. The molecule has 9 heteroatoms. The molecule has 1 aromatic heterocycles. The summed E-state index contributed by atoms with van der Waals surface area (Å²) in [5.74, 6) is -5.20. The van der Waals surface area contributed by atoms with Gasteiger partial charge in [0.25, 0.3) is 0 Å². The zero-order valence-corrected chi connectivity index (χ0v) is 14.8. The van der Waals surface area contributed by atoms with Crippen molar-refractivity contribution < 1.29 is 17.6 Å². The molecule has 0 aliphatic carbocycles. The summed E-state index contributed by atoms with van der Waals surface area (Å²) in [6.07, 6.45) is 0. The van der Waals surface area contributed by atoms with Crippen molar-refractivity contribution >= 4 is 17.3 Å². The lowest BCUT2D eigenvalue weighted by molar-refractivity contribution is 0.437. The zero-order valence-electron chi connectivity index (χ0n) is 14.0. The zero-order chi connectivity index (χ0) is 18.6. The van der Waals surface area contributed by atoms with E-state index in [2.05, 4.69) is 20.6 Å². The fourth-order valence-electron chi connectivity index (χ4n) is 2.00. The Morgan fingerprint density at radius 3 is 2.24 bits per heavy atom. The molecule has 2 rings (SSSR count). The van der Waals surface area contributed by atoms with Crippen molar-refractivity contribution in [1.29, 1.82) is 0 Å². The van der Waals surface area contributed by atoms with Crippen molar-refractivity contribution in [1.82, 2.24) is 15.6 Å². The molecule has 0 bridgehead atoms. The van der Waals surface area contributed by atoms with Gasteiger partial charge in [0.05, 0.1) is 12.2 Å². The molecule has 0 unspecified atom stereocenters. The maximum Gasteiger partial charge on any atom is 0.191 e. The number of benzene rings is 1. The van der Waals surface area contributed by atoms with E-state index in [-0.39, 0.29) is 12.0 Å². The monoisotopic (exact) mass is 374 g/mol. The Morgan fingerprint density at radius 1 is 1.12 bits per heavy atom. The van der Waals surface area contributed by atoms with Crippen LogP contribution < -0.4 is 10.6 Å². The van der Waals surface area contributed by atoms with E-state index >= 15 is 0 Å². The molecule has 2 aromatic rings. The second kappa shape index (κ2) is 8.28. The molecular weight excluding hydrogens is 356 g/mol. The number of guanidine groups is 1. The van der Waals surface area contributed by atoms with Gasteiger partial charge in [0.2, 0.25) is 0 Å². The first kappa shape index (κ1) is 19.2. The molecule has 0 atom stereocenters. The maximum atomic E-state index is 13.6. The molecule has 0 spiro atoms. The molecular formula is C16H18F4N4S. The fraction of sp³-hybridized carbons (Fsp3) is 0.375. The van der Waals surface area contributed by atoms with Crippen LogP contribution in [0.2, 0.25) is 0 Å². The van der Waals surface area contributed by atoms with Crippen molar-refractivity contribution in [2.24, 2.45) is 4.99 Å². The van der Waals surface area contributed by atoms with Crippen LogP contribution in [0.5, 0.6) is 0 Å². The number of hydrogen-bond acceptors (Lipinski definition) is 3. The summed E-state index contributed by atoms with van der Waals surface area (Å²) in [6, 6.07) is 0.177. The topological polar surface area (TPSA) is 49.3 Å². The SMILES string of the molecule is CN=C(NCc1nc(C(C)C)cs1)NCc1c(F)c(F)cc(F)c1F. The molecule has 4 nitrogen and oxygen atoms in total. The van der Waals surface area contributed by atoms with Gasteiger partial charge in [0, 0.05) is 30.6 Å². The fourth-order valence-corrected chi connectivity index (χ4v) is 2.90. The molecule has 0 radical (unpaired) electrons. The van der Waals surface area contributed by atoms with E-state index in [9.17, 15) is 17.6 Å². The maximum absolute atomic E-state index is 13.6. The summed E-state index contributed by atoms with van der Waals surface area (Å²) < 4.78 is 53.7. The Labute approximate surface area is 147 Å². The second-order valence-electron chi connectivity index (χ2n) is 5.55. The van der Waals surface area contributed by atoms with Crippen LogP contribution in [-0.2, 0) is 13.1 Å². The van der Waals surface area contributed by atoms with E-state index in [1.807, 2.05) is 19.2 Å². The number of nitrogens with one attached hydrogen (secondary N) is 2. The van der Waals surface area contributed by atoms with Crippen molar-refractivity contribution in [2.45, 2.75) is 32.9 Å². The molecule has 0 saturated heterocycles. The van der Waals surface area contributed by atoms with E-state index in [0.717, 1.165) is 10.7 Å². The minimum absolute atomic E-state index is 0.177. The minimum atomic E-state index is -1.44. The average Bonchev–Trinajstić information content (AvgIpc) is 3.05. The standard InChI is InChI=1S/C16H18F4N4S/c1-8(2)12-7-25-13(24-12)6-23-16(21-3)22-5-9-14(19)10(17)4-11(18)15(9)20/h4,7-8H,5-6H2,1-3H3,(H2,21,22,23). The first-order valence-corrected chi connectivity index (χ1v) is 8.42. The molecule has 0 saturated carbocycles.